The lowest BCUT2D eigenvalue weighted by molar-refractivity contribution is 0.805. The predicted octanol–water partition coefficient (Wildman–Crippen LogP) is 11.0. The first-order chi connectivity index (χ1) is 23.5. The molecule has 7 aromatic rings. The lowest BCUT2D eigenvalue weighted by Gasteiger charge is -2.29. The van der Waals surface area contributed by atoms with Gasteiger partial charge < -0.3 is 4.90 Å². The zero-order valence-electron chi connectivity index (χ0n) is 27.7. The molecule has 1 aliphatic rings. The molecular formula is C43H37N5. The van der Waals surface area contributed by atoms with Crippen molar-refractivity contribution < 1.29 is 0 Å². The summed E-state index contributed by atoms with van der Waals surface area (Å²) in [6, 6.07) is 43.2. The van der Waals surface area contributed by atoms with Crippen LogP contribution in [0.5, 0.6) is 0 Å². The number of anilines is 2. The van der Waals surface area contributed by atoms with E-state index in [2.05, 4.69) is 165 Å². The smallest absolute Gasteiger partial charge is 0.198 e. The summed E-state index contributed by atoms with van der Waals surface area (Å²) < 4.78 is 2.28. The molecule has 0 atom stereocenters. The topological polar surface area (TPSA) is 46.8 Å². The third-order valence-electron chi connectivity index (χ3n) is 9.21. The third-order valence-corrected chi connectivity index (χ3v) is 9.21. The Morgan fingerprint density at radius 2 is 1.19 bits per heavy atom. The van der Waals surface area contributed by atoms with Gasteiger partial charge in [0.25, 0.3) is 0 Å². The molecule has 2 aromatic heterocycles. The molecule has 3 heterocycles. The molecule has 0 fully saturated rings. The zero-order chi connectivity index (χ0) is 32.8. The molecule has 0 bridgehead atoms. The summed E-state index contributed by atoms with van der Waals surface area (Å²) in [5, 5.41) is 0. The van der Waals surface area contributed by atoms with E-state index in [0.717, 1.165) is 39.8 Å². The number of rotatable bonds is 6. The quantitative estimate of drug-likeness (QED) is 0.185. The fourth-order valence-corrected chi connectivity index (χ4v) is 6.94. The molecule has 0 N–H and O–H groups in total. The Labute approximate surface area is 281 Å². The number of nitrogens with zero attached hydrogens (tertiary/aromatic N) is 5. The van der Waals surface area contributed by atoms with Crippen LogP contribution in [0, 0.1) is 0 Å². The Bertz CT molecular complexity index is 2270. The van der Waals surface area contributed by atoms with E-state index in [9.17, 15) is 0 Å². The van der Waals surface area contributed by atoms with E-state index in [-0.39, 0.29) is 11.8 Å². The van der Waals surface area contributed by atoms with Gasteiger partial charge in [-0.25, -0.2) is 15.0 Å². The monoisotopic (exact) mass is 623 g/mol. The number of hydrogen-bond acceptors (Lipinski definition) is 4. The van der Waals surface area contributed by atoms with Crippen LogP contribution in [0.4, 0.5) is 11.4 Å². The number of benzene rings is 5. The fraction of sp³-hybridized carbons (Fsp3) is 0.140. The van der Waals surface area contributed by atoms with Crippen molar-refractivity contribution in [1.82, 2.24) is 19.5 Å². The van der Waals surface area contributed by atoms with Crippen molar-refractivity contribution in [1.29, 1.82) is 0 Å². The van der Waals surface area contributed by atoms with E-state index in [4.69, 9.17) is 15.0 Å². The Hall–Kier alpha value is -5.81. The van der Waals surface area contributed by atoms with Gasteiger partial charge in [0.1, 0.15) is 0 Å². The molecule has 5 nitrogen and oxygen atoms in total. The first-order valence-corrected chi connectivity index (χ1v) is 16.7. The predicted molar refractivity (Wildman–Crippen MR) is 199 cm³/mol. The highest BCUT2D eigenvalue weighted by Gasteiger charge is 2.31. The van der Waals surface area contributed by atoms with Gasteiger partial charge in [0, 0.05) is 23.6 Å². The van der Waals surface area contributed by atoms with E-state index < -0.39 is 0 Å². The fourth-order valence-electron chi connectivity index (χ4n) is 6.94. The minimum absolute atomic E-state index is 0.234. The van der Waals surface area contributed by atoms with Crippen molar-refractivity contribution >= 4 is 34.4 Å². The Morgan fingerprint density at radius 3 is 1.90 bits per heavy atom. The summed E-state index contributed by atoms with van der Waals surface area (Å²) >= 11 is 0. The molecule has 0 amide bonds. The summed E-state index contributed by atoms with van der Waals surface area (Å²) in [6.45, 7) is 9.09. The molecule has 234 valence electrons. The molecule has 5 aromatic carbocycles. The number of imidazole rings is 1. The van der Waals surface area contributed by atoms with Crippen molar-refractivity contribution in [2.75, 3.05) is 4.90 Å². The Balaban J connectivity index is 1.50. The maximum atomic E-state index is 5.34. The normalized spacial score (nSPS) is 12.6. The minimum Gasteiger partial charge on any atom is -0.306 e. The average Bonchev–Trinajstić information content (AvgIpc) is 3.43. The maximum absolute atomic E-state index is 5.34. The van der Waals surface area contributed by atoms with Crippen LogP contribution < -0.4 is 4.90 Å². The van der Waals surface area contributed by atoms with Gasteiger partial charge in [-0.05, 0) is 81.6 Å². The van der Waals surface area contributed by atoms with E-state index >= 15 is 0 Å². The second kappa shape index (κ2) is 12.1. The molecule has 1 aliphatic heterocycles. The Kier molecular flexibility index (Phi) is 7.45. The summed E-state index contributed by atoms with van der Waals surface area (Å²) in [7, 11) is 0. The number of aromatic nitrogens is 4. The molecule has 0 aliphatic carbocycles. The average molecular weight is 624 g/mol. The van der Waals surface area contributed by atoms with Crippen molar-refractivity contribution in [2.45, 2.75) is 39.5 Å². The molecule has 0 radical (unpaired) electrons. The van der Waals surface area contributed by atoms with E-state index in [1.54, 1.807) is 12.4 Å². The number of fused-ring (bicyclic) bond motifs is 4. The van der Waals surface area contributed by atoms with Crippen LogP contribution in [-0.4, -0.2) is 19.5 Å². The SMILES string of the molecule is CC(C)c1cc(-c2ccccc2)cc(C(C)C)c1-n1c(C2=Cc3ccccc3-c3ccccc3N2c2ccccc2)nc2nccnc21. The molecule has 0 unspecified atom stereocenters. The van der Waals surface area contributed by atoms with E-state index in [0.29, 0.717) is 5.65 Å². The van der Waals surface area contributed by atoms with Gasteiger partial charge in [0.15, 0.2) is 17.1 Å². The highest BCUT2D eigenvalue weighted by molar-refractivity contribution is 6.04. The summed E-state index contributed by atoms with van der Waals surface area (Å²) in [5.41, 5.74) is 14.0. The lowest BCUT2D eigenvalue weighted by Crippen LogP contribution is -2.19. The summed E-state index contributed by atoms with van der Waals surface area (Å²) in [6.07, 6.45) is 5.78. The van der Waals surface area contributed by atoms with Crippen molar-refractivity contribution in [3.8, 4) is 27.9 Å². The van der Waals surface area contributed by atoms with Crippen LogP contribution in [-0.2, 0) is 0 Å². The van der Waals surface area contributed by atoms with Gasteiger partial charge in [-0.1, -0.05) is 119 Å². The molecule has 8 rings (SSSR count). The standard InChI is InChI=1S/C43H37N5/c1-28(2)36-25-32(30-15-7-5-8-16-30)26-37(29(3)4)40(36)48-42(46-41-43(48)45-24-23-44-41)39-27-31-17-11-12-20-34(31)35-21-13-14-22-38(35)47(39)33-18-9-6-10-19-33/h5-29H,1-4H3. The summed E-state index contributed by atoms with van der Waals surface area (Å²) in [4.78, 5) is 17.4. The van der Waals surface area contributed by atoms with Gasteiger partial charge >= 0.3 is 0 Å². The van der Waals surface area contributed by atoms with Crippen LogP contribution in [0.1, 0.15) is 62.0 Å². The van der Waals surface area contributed by atoms with Gasteiger partial charge in [0.05, 0.1) is 17.1 Å². The van der Waals surface area contributed by atoms with Gasteiger partial charge in [-0.2, -0.15) is 0 Å². The third kappa shape index (κ3) is 4.99. The second-order valence-corrected chi connectivity index (χ2v) is 13.0. The van der Waals surface area contributed by atoms with E-state index in [1.165, 1.54) is 33.4 Å². The van der Waals surface area contributed by atoms with Crippen LogP contribution >= 0.6 is 0 Å². The van der Waals surface area contributed by atoms with Gasteiger partial charge in [-0.15, -0.1) is 0 Å². The minimum atomic E-state index is 0.234. The van der Waals surface area contributed by atoms with Crippen LogP contribution in [0.3, 0.4) is 0 Å². The second-order valence-electron chi connectivity index (χ2n) is 13.0. The zero-order valence-corrected chi connectivity index (χ0v) is 27.7. The molecule has 0 saturated heterocycles. The largest absolute Gasteiger partial charge is 0.306 e. The van der Waals surface area contributed by atoms with Gasteiger partial charge in [-0.3, -0.25) is 4.57 Å². The van der Waals surface area contributed by atoms with Crippen molar-refractivity contribution in [3.63, 3.8) is 0 Å². The maximum Gasteiger partial charge on any atom is 0.198 e. The highest BCUT2D eigenvalue weighted by Crippen LogP contribution is 2.47. The van der Waals surface area contributed by atoms with Gasteiger partial charge in [0.2, 0.25) is 0 Å². The molecule has 0 spiro atoms. The molecule has 5 heteroatoms. The van der Waals surface area contributed by atoms with Crippen LogP contribution in [0.25, 0.3) is 51.0 Å². The first-order valence-electron chi connectivity index (χ1n) is 16.7. The molecule has 0 saturated carbocycles. The van der Waals surface area contributed by atoms with Crippen molar-refractivity contribution in [2.24, 2.45) is 0 Å². The van der Waals surface area contributed by atoms with E-state index in [1.807, 2.05) is 0 Å². The number of para-hydroxylation sites is 2. The van der Waals surface area contributed by atoms with Crippen LogP contribution in [0.2, 0.25) is 0 Å². The number of hydrogen-bond donors (Lipinski definition) is 0. The molecule has 48 heavy (non-hydrogen) atoms. The highest BCUT2D eigenvalue weighted by atomic mass is 15.2. The molecular weight excluding hydrogens is 587 g/mol. The van der Waals surface area contributed by atoms with Crippen LogP contribution in [0.15, 0.2) is 134 Å². The Morgan fingerprint density at radius 1 is 0.583 bits per heavy atom. The lowest BCUT2D eigenvalue weighted by atomic mass is 9.88. The first kappa shape index (κ1) is 29.6. The summed E-state index contributed by atoms with van der Waals surface area (Å²) in [5.74, 6) is 1.26. The van der Waals surface area contributed by atoms with Crippen molar-refractivity contribution in [3.05, 3.63) is 156 Å².